The van der Waals surface area contributed by atoms with E-state index in [0.717, 1.165) is 16.9 Å². The van der Waals surface area contributed by atoms with Crippen molar-refractivity contribution in [3.8, 4) is 11.3 Å². The largest absolute Gasteiger partial charge is 0.366 e. The van der Waals surface area contributed by atoms with Crippen LogP contribution in [0.1, 0.15) is 0 Å². The molecule has 1 aromatic heterocycles. The number of thiocarbonyl (C=S) groups is 1. The van der Waals surface area contributed by atoms with Crippen molar-refractivity contribution >= 4 is 23.0 Å². The van der Waals surface area contributed by atoms with Crippen LogP contribution in [0, 0.1) is 0 Å². The number of nitrogens with zero attached hydrogens (tertiary/aromatic N) is 1. The molecule has 5 heteroatoms. The fourth-order valence-electron chi connectivity index (χ4n) is 1.34. The van der Waals surface area contributed by atoms with Gasteiger partial charge in [0, 0.05) is 12.7 Å². The molecule has 0 saturated carbocycles. The van der Waals surface area contributed by atoms with E-state index in [2.05, 4.69) is 20.6 Å². The Kier molecular flexibility index (Phi) is 3.16. The third-order valence-electron chi connectivity index (χ3n) is 2.18. The summed E-state index contributed by atoms with van der Waals surface area (Å²) in [5, 5.41) is 6.52. The Bertz CT molecular complexity index is 461. The molecule has 4 nitrogen and oxygen atoms in total. The molecule has 0 bridgehead atoms. The number of hydrogen-bond donors (Lipinski definition) is 3. The van der Waals surface area contributed by atoms with Crippen molar-refractivity contribution in [1.29, 1.82) is 0 Å². The first-order valence-electron chi connectivity index (χ1n) is 4.87. The minimum absolute atomic E-state index is 0.606. The van der Waals surface area contributed by atoms with Crippen molar-refractivity contribution in [2.45, 2.75) is 0 Å². The number of imidazole rings is 1. The van der Waals surface area contributed by atoms with Crippen LogP contribution in [-0.4, -0.2) is 22.1 Å². The quantitative estimate of drug-likeness (QED) is 0.693. The normalized spacial score (nSPS) is 9.81. The summed E-state index contributed by atoms with van der Waals surface area (Å²) in [6.45, 7) is 0. The fraction of sp³-hybridized carbons (Fsp3) is 0.0909. The Morgan fingerprint density at radius 1 is 1.31 bits per heavy atom. The minimum Gasteiger partial charge on any atom is -0.366 e. The summed E-state index contributed by atoms with van der Waals surface area (Å²) >= 11 is 5.01. The molecule has 0 amide bonds. The van der Waals surface area contributed by atoms with Crippen molar-refractivity contribution in [2.24, 2.45) is 0 Å². The molecule has 0 atom stereocenters. The average molecular weight is 232 g/mol. The van der Waals surface area contributed by atoms with Gasteiger partial charge in [-0.15, -0.1) is 0 Å². The number of aromatic amines is 1. The van der Waals surface area contributed by atoms with E-state index in [4.69, 9.17) is 12.2 Å². The van der Waals surface area contributed by atoms with Crippen LogP contribution in [0.2, 0.25) is 0 Å². The minimum atomic E-state index is 0.606. The lowest BCUT2D eigenvalue weighted by Gasteiger charge is -2.07. The maximum Gasteiger partial charge on any atom is 0.170 e. The Hall–Kier alpha value is -1.88. The second kappa shape index (κ2) is 4.76. The topological polar surface area (TPSA) is 52.7 Å². The van der Waals surface area contributed by atoms with Gasteiger partial charge in [0.25, 0.3) is 0 Å². The van der Waals surface area contributed by atoms with Crippen molar-refractivity contribution < 1.29 is 0 Å². The van der Waals surface area contributed by atoms with Gasteiger partial charge in [-0.1, -0.05) is 12.1 Å². The Morgan fingerprint density at radius 3 is 2.62 bits per heavy atom. The van der Waals surface area contributed by atoms with Crippen molar-refractivity contribution in [3.63, 3.8) is 0 Å². The monoisotopic (exact) mass is 232 g/mol. The molecule has 0 aliphatic carbocycles. The van der Waals surface area contributed by atoms with Gasteiger partial charge >= 0.3 is 0 Å². The van der Waals surface area contributed by atoms with Gasteiger partial charge in [-0.2, -0.15) is 0 Å². The van der Waals surface area contributed by atoms with Crippen LogP contribution < -0.4 is 10.6 Å². The average Bonchev–Trinajstić information content (AvgIpc) is 2.83. The Morgan fingerprint density at radius 2 is 2.06 bits per heavy atom. The molecular formula is C11H12N4S. The maximum absolute atomic E-state index is 5.01. The molecule has 82 valence electrons. The van der Waals surface area contributed by atoms with Crippen LogP contribution in [0.25, 0.3) is 11.3 Å². The van der Waals surface area contributed by atoms with E-state index >= 15 is 0 Å². The van der Waals surface area contributed by atoms with Crippen LogP contribution in [0.5, 0.6) is 0 Å². The van der Waals surface area contributed by atoms with Gasteiger partial charge in [-0.3, -0.25) is 0 Å². The highest BCUT2D eigenvalue weighted by atomic mass is 32.1. The molecule has 3 N–H and O–H groups in total. The molecular weight excluding hydrogens is 220 g/mol. The molecule has 0 aliphatic rings. The molecule has 16 heavy (non-hydrogen) atoms. The van der Waals surface area contributed by atoms with Crippen molar-refractivity contribution in [2.75, 3.05) is 12.4 Å². The van der Waals surface area contributed by atoms with E-state index in [0.29, 0.717) is 5.11 Å². The second-order valence-electron chi connectivity index (χ2n) is 3.25. The molecule has 0 aliphatic heterocycles. The van der Waals surface area contributed by atoms with E-state index in [1.54, 1.807) is 19.6 Å². The first-order chi connectivity index (χ1) is 7.79. The number of hydrogen-bond acceptors (Lipinski definition) is 2. The van der Waals surface area contributed by atoms with Gasteiger partial charge < -0.3 is 15.6 Å². The third-order valence-corrected chi connectivity index (χ3v) is 2.49. The lowest BCUT2D eigenvalue weighted by molar-refractivity contribution is 1.20. The van der Waals surface area contributed by atoms with Crippen LogP contribution in [0.15, 0.2) is 36.8 Å². The SMILES string of the molecule is CNC(=S)Nc1ccc(-c2cnc[nH]2)cc1. The summed E-state index contributed by atoms with van der Waals surface area (Å²) in [7, 11) is 1.79. The van der Waals surface area contributed by atoms with E-state index in [1.165, 1.54) is 0 Å². The zero-order chi connectivity index (χ0) is 11.4. The molecule has 0 radical (unpaired) electrons. The van der Waals surface area contributed by atoms with Gasteiger partial charge in [0.05, 0.1) is 18.2 Å². The highest BCUT2D eigenvalue weighted by Gasteiger charge is 1.99. The standard InChI is InChI=1S/C11H12N4S/c1-12-11(16)15-9-4-2-8(3-5-9)10-6-13-7-14-10/h2-7H,1H3,(H,13,14)(H2,12,15,16). The molecule has 0 spiro atoms. The Labute approximate surface area is 99.1 Å². The zero-order valence-corrected chi connectivity index (χ0v) is 9.64. The van der Waals surface area contributed by atoms with Gasteiger partial charge in [0.2, 0.25) is 0 Å². The smallest absolute Gasteiger partial charge is 0.170 e. The van der Waals surface area contributed by atoms with E-state index < -0.39 is 0 Å². The van der Waals surface area contributed by atoms with Gasteiger partial charge in [-0.25, -0.2) is 4.98 Å². The van der Waals surface area contributed by atoms with Crippen LogP contribution >= 0.6 is 12.2 Å². The van der Waals surface area contributed by atoms with Crippen LogP contribution in [0.4, 0.5) is 5.69 Å². The lowest BCUT2D eigenvalue weighted by atomic mass is 10.1. The fourth-order valence-corrected chi connectivity index (χ4v) is 1.46. The number of anilines is 1. The zero-order valence-electron chi connectivity index (χ0n) is 8.82. The summed E-state index contributed by atoms with van der Waals surface area (Å²) in [6, 6.07) is 7.96. The predicted molar refractivity (Wildman–Crippen MR) is 69.3 cm³/mol. The molecule has 1 heterocycles. The summed E-state index contributed by atoms with van der Waals surface area (Å²) in [4.78, 5) is 7.04. The molecule has 1 aromatic carbocycles. The molecule has 0 fully saturated rings. The van der Waals surface area contributed by atoms with Crippen molar-refractivity contribution in [3.05, 3.63) is 36.8 Å². The first kappa shape index (κ1) is 10.6. The number of aromatic nitrogens is 2. The predicted octanol–water partition coefficient (Wildman–Crippen LogP) is 1.99. The number of benzene rings is 1. The number of rotatable bonds is 2. The maximum atomic E-state index is 5.01. The second-order valence-corrected chi connectivity index (χ2v) is 3.66. The van der Waals surface area contributed by atoms with Crippen molar-refractivity contribution in [1.82, 2.24) is 15.3 Å². The van der Waals surface area contributed by atoms with Gasteiger partial charge in [0.1, 0.15) is 0 Å². The van der Waals surface area contributed by atoms with Crippen LogP contribution in [-0.2, 0) is 0 Å². The lowest BCUT2D eigenvalue weighted by Crippen LogP contribution is -2.23. The summed E-state index contributed by atoms with van der Waals surface area (Å²) < 4.78 is 0. The molecule has 0 unspecified atom stereocenters. The van der Waals surface area contributed by atoms with E-state index in [9.17, 15) is 0 Å². The Balaban J connectivity index is 2.14. The molecule has 2 rings (SSSR count). The molecule has 2 aromatic rings. The first-order valence-corrected chi connectivity index (χ1v) is 5.28. The van der Waals surface area contributed by atoms with Gasteiger partial charge in [-0.05, 0) is 29.9 Å². The highest BCUT2D eigenvalue weighted by molar-refractivity contribution is 7.80. The summed E-state index contributed by atoms with van der Waals surface area (Å²) in [5.41, 5.74) is 3.06. The number of nitrogens with one attached hydrogen (secondary N) is 3. The third kappa shape index (κ3) is 2.38. The number of H-pyrrole nitrogens is 1. The van der Waals surface area contributed by atoms with E-state index in [1.807, 2.05) is 24.3 Å². The highest BCUT2D eigenvalue weighted by Crippen LogP contribution is 2.18. The molecule has 0 saturated heterocycles. The van der Waals surface area contributed by atoms with Gasteiger partial charge in [0.15, 0.2) is 5.11 Å². The van der Waals surface area contributed by atoms with E-state index in [-0.39, 0.29) is 0 Å². The summed E-state index contributed by atoms with van der Waals surface area (Å²) in [6.07, 6.45) is 3.46. The van der Waals surface area contributed by atoms with Crippen LogP contribution in [0.3, 0.4) is 0 Å². The summed E-state index contributed by atoms with van der Waals surface area (Å²) in [5.74, 6) is 0.